The molecule has 1 fully saturated rings. The molecule has 0 radical (unpaired) electrons. The molecule has 84 valence electrons. The molecule has 1 aliphatic rings. The summed E-state index contributed by atoms with van der Waals surface area (Å²) in [5.41, 5.74) is 1.48. The van der Waals surface area contributed by atoms with Gasteiger partial charge in [0.25, 0.3) is 5.91 Å². The van der Waals surface area contributed by atoms with E-state index in [1.807, 2.05) is 14.0 Å². The van der Waals surface area contributed by atoms with Crippen LogP contribution in [-0.2, 0) is 7.05 Å². The number of amides is 1. The highest BCUT2D eigenvalue weighted by Crippen LogP contribution is 2.02. The number of rotatable bonds is 2. The Labute approximate surface area is 94.6 Å². The van der Waals surface area contributed by atoms with Gasteiger partial charge in [0.05, 0.1) is 6.04 Å². The lowest BCUT2D eigenvalue weighted by Gasteiger charge is -2.27. The zero-order valence-electron chi connectivity index (χ0n) is 8.78. The van der Waals surface area contributed by atoms with Crippen molar-refractivity contribution >= 4 is 18.3 Å². The average Bonchev–Trinajstić information content (AvgIpc) is 2.40. The van der Waals surface area contributed by atoms with E-state index in [9.17, 15) is 4.79 Å². The molecule has 1 aromatic rings. The Bertz CT molecular complexity index is 339. The van der Waals surface area contributed by atoms with Crippen LogP contribution in [0.1, 0.15) is 16.2 Å². The van der Waals surface area contributed by atoms with Crippen molar-refractivity contribution in [3.05, 3.63) is 17.5 Å². The van der Waals surface area contributed by atoms with Crippen LogP contribution < -0.4 is 10.6 Å². The molecule has 0 aliphatic carbocycles. The van der Waals surface area contributed by atoms with Crippen LogP contribution in [0, 0.1) is 6.92 Å². The van der Waals surface area contributed by atoms with Gasteiger partial charge in [0.2, 0.25) is 0 Å². The molecule has 15 heavy (non-hydrogen) atoms. The van der Waals surface area contributed by atoms with E-state index < -0.39 is 0 Å². The van der Waals surface area contributed by atoms with Crippen LogP contribution >= 0.6 is 12.4 Å². The third kappa shape index (κ3) is 2.49. The fourth-order valence-corrected chi connectivity index (χ4v) is 1.32. The van der Waals surface area contributed by atoms with Gasteiger partial charge in [0.15, 0.2) is 0 Å². The quantitative estimate of drug-likeness (QED) is 0.743. The molecule has 1 saturated heterocycles. The molecule has 1 aliphatic heterocycles. The van der Waals surface area contributed by atoms with Crippen LogP contribution in [-0.4, -0.2) is 34.8 Å². The minimum Gasteiger partial charge on any atom is -0.345 e. The fraction of sp³-hybridized carbons (Fsp3) is 0.556. The van der Waals surface area contributed by atoms with Crippen molar-refractivity contribution in [1.29, 1.82) is 0 Å². The number of nitrogens with one attached hydrogen (secondary N) is 2. The number of carbonyl (C=O) groups is 1. The molecule has 0 spiro atoms. The highest BCUT2D eigenvalue weighted by Gasteiger charge is 2.20. The zero-order chi connectivity index (χ0) is 10.1. The van der Waals surface area contributed by atoms with Crippen LogP contribution in [0.3, 0.4) is 0 Å². The summed E-state index contributed by atoms with van der Waals surface area (Å²) in [6, 6.07) is 2.06. The van der Waals surface area contributed by atoms with Gasteiger partial charge in [-0.3, -0.25) is 9.48 Å². The number of halogens is 1. The molecule has 5 nitrogen and oxygen atoms in total. The Morgan fingerprint density at radius 3 is 2.73 bits per heavy atom. The van der Waals surface area contributed by atoms with Crippen molar-refractivity contribution in [2.75, 3.05) is 13.1 Å². The molecule has 6 heteroatoms. The number of carbonyl (C=O) groups excluding carboxylic acids is 1. The number of nitrogens with zero attached hydrogens (tertiary/aromatic N) is 2. The second kappa shape index (κ2) is 4.63. The Morgan fingerprint density at radius 2 is 2.33 bits per heavy atom. The number of aromatic nitrogens is 2. The first-order chi connectivity index (χ1) is 6.66. The summed E-state index contributed by atoms with van der Waals surface area (Å²) in [5.74, 6) is -0.0831. The first-order valence-corrected chi connectivity index (χ1v) is 4.69. The lowest BCUT2D eigenvalue weighted by Crippen LogP contribution is -2.57. The average molecular weight is 231 g/mol. The summed E-state index contributed by atoms with van der Waals surface area (Å²) in [6.45, 7) is 3.64. The van der Waals surface area contributed by atoms with E-state index >= 15 is 0 Å². The molecule has 2 heterocycles. The lowest BCUT2D eigenvalue weighted by molar-refractivity contribution is 0.0918. The molecule has 0 atom stereocenters. The summed E-state index contributed by atoms with van der Waals surface area (Å²) < 4.78 is 1.70. The van der Waals surface area contributed by atoms with Gasteiger partial charge in [-0.15, -0.1) is 12.4 Å². The third-order valence-corrected chi connectivity index (χ3v) is 2.46. The maximum absolute atomic E-state index is 11.6. The van der Waals surface area contributed by atoms with Gasteiger partial charge >= 0.3 is 0 Å². The lowest BCUT2D eigenvalue weighted by atomic mass is 10.2. The molecular formula is C9H15ClN4O. The molecule has 0 unspecified atom stereocenters. The van der Waals surface area contributed by atoms with Crippen LogP contribution in [0.2, 0.25) is 0 Å². The topological polar surface area (TPSA) is 59.0 Å². The van der Waals surface area contributed by atoms with E-state index in [-0.39, 0.29) is 24.4 Å². The molecule has 2 N–H and O–H groups in total. The summed E-state index contributed by atoms with van der Waals surface area (Å²) in [4.78, 5) is 11.6. The second-order valence-corrected chi connectivity index (χ2v) is 3.62. The number of hydrogen-bond donors (Lipinski definition) is 2. The van der Waals surface area contributed by atoms with Crippen molar-refractivity contribution in [2.24, 2.45) is 7.05 Å². The van der Waals surface area contributed by atoms with Crippen molar-refractivity contribution in [2.45, 2.75) is 13.0 Å². The van der Waals surface area contributed by atoms with E-state index in [4.69, 9.17) is 0 Å². The largest absolute Gasteiger partial charge is 0.345 e. The van der Waals surface area contributed by atoms with Gasteiger partial charge in [0, 0.05) is 25.8 Å². The maximum Gasteiger partial charge on any atom is 0.272 e. The van der Waals surface area contributed by atoms with Gasteiger partial charge in [-0.2, -0.15) is 5.10 Å². The van der Waals surface area contributed by atoms with Gasteiger partial charge < -0.3 is 10.6 Å². The predicted octanol–water partition coefficient (Wildman–Crippen LogP) is -0.148. The molecule has 0 bridgehead atoms. The molecule has 0 saturated carbocycles. The maximum atomic E-state index is 11.6. The van der Waals surface area contributed by atoms with Crippen molar-refractivity contribution in [3.63, 3.8) is 0 Å². The van der Waals surface area contributed by atoms with Crippen molar-refractivity contribution in [1.82, 2.24) is 20.4 Å². The molecule has 1 aromatic heterocycles. The highest BCUT2D eigenvalue weighted by molar-refractivity contribution is 5.92. The first-order valence-electron chi connectivity index (χ1n) is 4.69. The van der Waals surface area contributed by atoms with Crippen molar-refractivity contribution in [3.8, 4) is 0 Å². The SMILES string of the molecule is Cc1cc(C(=O)NC2CNC2)nn1C.Cl. The minimum atomic E-state index is -0.0831. The molecule has 2 rings (SSSR count). The minimum absolute atomic E-state index is 0. The van der Waals surface area contributed by atoms with E-state index in [0.717, 1.165) is 18.8 Å². The number of aryl methyl sites for hydroxylation is 2. The Kier molecular flexibility index (Phi) is 3.71. The second-order valence-electron chi connectivity index (χ2n) is 3.62. The summed E-state index contributed by atoms with van der Waals surface area (Å²) in [6.07, 6.45) is 0. The van der Waals surface area contributed by atoms with Crippen LogP contribution in [0.15, 0.2) is 6.07 Å². The highest BCUT2D eigenvalue weighted by atomic mass is 35.5. The normalized spacial score (nSPS) is 15.3. The Hall–Kier alpha value is -1.07. The smallest absolute Gasteiger partial charge is 0.272 e. The zero-order valence-corrected chi connectivity index (χ0v) is 9.60. The van der Waals surface area contributed by atoms with Gasteiger partial charge in [-0.1, -0.05) is 0 Å². The monoisotopic (exact) mass is 230 g/mol. The molecule has 0 aromatic carbocycles. The van der Waals surface area contributed by atoms with Crippen LogP contribution in [0.4, 0.5) is 0 Å². The Morgan fingerprint density at radius 1 is 1.67 bits per heavy atom. The fourth-order valence-electron chi connectivity index (χ4n) is 1.32. The van der Waals surface area contributed by atoms with E-state index in [1.54, 1.807) is 10.7 Å². The standard InChI is InChI=1S/C9H14N4O.ClH/c1-6-3-8(12-13(6)2)9(14)11-7-4-10-5-7;/h3,7,10H,4-5H2,1-2H3,(H,11,14);1H. The summed E-state index contributed by atoms with van der Waals surface area (Å²) >= 11 is 0. The van der Waals surface area contributed by atoms with Gasteiger partial charge in [-0.25, -0.2) is 0 Å². The van der Waals surface area contributed by atoms with Gasteiger partial charge in [-0.05, 0) is 13.0 Å². The molecule has 1 amide bonds. The van der Waals surface area contributed by atoms with E-state index in [0.29, 0.717) is 5.69 Å². The van der Waals surface area contributed by atoms with Gasteiger partial charge in [0.1, 0.15) is 5.69 Å². The van der Waals surface area contributed by atoms with E-state index in [2.05, 4.69) is 15.7 Å². The van der Waals surface area contributed by atoms with Crippen molar-refractivity contribution < 1.29 is 4.79 Å². The van der Waals surface area contributed by atoms with E-state index in [1.165, 1.54) is 0 Å². The number of hydrogen-bond acceptors (Lipinski definition) is 3. The first kappa shape index (κ1) is 12.0. The molecular weight excluding hydrogens is 216 g/mol. The summed E-state index contributed by atoms with van der Waals surface area (Å²) in [5, 5.41) is 10.1. The Balaban J connectivity index is 0.00000112. The van der Waals surface area contributed by atoms with Crippen LogP contribution in [0.25, 0.3) is 0 Å². The van der Waals surface area contributed by atoms with Crippen LogP contribution in [0.5, 0.6) is 0 Å². The summed E-state index contributed by atoms with van der Waals surface area (Å²) in [7, 11) is 1.83. The third-order valence-electron chi connectivity index (χ3n) is 2.46. The predicted molar refractivity (Wildman–Crippen MR) is 59.3 cm³/mol.